The average molecular weight is 317 g/mol. The van der Waals surface area contributed by atoms with Crippen LogP contribution in [0.25, 0.3) is 0 Å². The molecular weight excluding hydrogens is 294 g/mol. The van der Waals surface area contributed by atoms with E-state index in [1.807, 2.05) is 49.5 Å². The monoisotopic (exact) mass is 317 g/mol. The molecule has 2 unspecified atom stereocenters. The minimum Gasteiger partial charge on any atom is -0.372 e. The number of nitrogens with zero attached hydrogens (tertiary/aromatic N) is 5. The van der Waals surface area contributed by atoms with Crippen LogP contribution in [-0.2, 0) is 11.4 Å². The lowest BCUT2D eigenvalue weighted by atomic mass is 10.2. The van der Waals surface area contributed by atoms with E-state index in [4.69, 9.17) is 4.74 Å². The van der Waals surface area contributed by atoms with E-state index in [1.54, 1.807) is 10.7 Å². The van der Waals surface area contributed by atoms with E-state index in [1.165, 1.54) is 0 Å². The number of morpholine rings is 1. The van der Waals surface area contributed by atoms with Crippen molar-refractivity contribution in [1.29, 1.82) is 0 Å². The Morgan fingerprint density at radius 2 is 1.96 bits per heavy atom. The Labute approximate surface area is 135 Å². The minimum absolute atomic E-state index is 0.0425. The van der Waals surface area contributed by atoms with Crippen LogP contribution in [-0.4, -0.2) is 55.7 Å². The second-order valence-electron chi connectivity index (χ2n) is 6.28. The number of carbonyl (C=O) groups excluding carboxylic acids is 1. The highest BCUT2D eigenvalue weighted by molar-refractivity contribution is 5.92. The molecule has 1 aliphatic rings. The molecule has 2 aromatic heterocycles. The van der Waals surface area contributed by atoms with Gasteiger partial charge in [0, 0.05) is 25.0 Å². The molecule has 23 heavy (non-hydrogen) atoms. The largest absolute Gasteiger partial charge is 0.372 e. The summed E-state index contributed by atoms with van der Waals surface area (Å²) in [7, 11) is 0. The van der Waals surface area contributed by atoms with Gasteiger partial charge in [-0.25, -0.2) is 4.68 Å². The molecule has 7 heteroatoms. The maximum atomic E-state index is 12.6. The predicted molar refractivity (Wildman–Crippen MR) is 85.2 cm³/mol. The van der Waals surface area contributed by atoms with Gasteiger partial charge in [0.05, 0.1) is 17.9 Å². The molecular formula is C16H23N5O2. The number of aryl methyl sites for hydroxylation is 2. The first-order chi connectivity index (χ1) is 10.9. The van der Waals surface area contributed by atoms with Crippen molar-refractivity contribution in [3.05, 3.63) is 35.4 Å². The number of ether oxygens (including phenoxy) is 1. The number of rotatable bonds is 3. The SMILES string of the molecule is Cc1cc(C)n(Cn2ccc(C(=O)N3CC(C)OC(C)C3)n2)n1. The van der Waals surface area contributed by atoms with Gasteiger partial charge in [0.15, 0.2) is 0 Å². The Kier molecular flexibility index (Phi) is 4.21. The summed E-state index contributed by atoms with van der Waals surface area (Å²) in [6, 6.07) is 3.78. The summed E-state index contributed by atoms with van der Waals surface area (Å²) in [5.41, 5.74) is 2.51. The molecule has 0 bridgehead atoms. The first-order valence-electron chi connectivity index (χ1n) is 7.91. The molecule has 124 valence electrons. The molecule has 0 spiro atoms. The van der Waals surface area contributed by atoms with Crippen molar-refractivity contribution in [2.75, 3.05) is 13.1 Å². The van der Waals surface area contributed by atoms with Crippen LogP contribution in [0.5, 0.6) is 0 Å². The highest BCUT2D eigenvalue weighted by Crippen LogP contribution is 2.13. The number of aromatic nitrogens is 4. The lowest BCUT2D eigenvalue weighted by Gasteiger charge is -2.34. The molecule has 0 saturated carbocycles. The lowest BCUT2D eigenvalue weighted by Crippen LogP contribution is -2.48. The van der Waals surface area contributed by atoms with Crippen molar-refractivity contribution >= 4 is 5.91 Å². The second-order valence-corrected chi connectivity index (χ2v) is 6.28. The summed E-state index contributed by atoms with van der Waals surface area (Å²) >= 11 is 0. The molecule has 0 aliphatic carbocycles. The zero-order chi connectivity index (χ0) is 16.6. The third-order valence-corrected chi connectivity index (χ3v) is 3.95. The van der Waals surface area contributed by atoms with Crippen LogP contribution in [0, 0.1) is 13.8 Å². The molecule has 1 aliphatic heterocycles. The number of carbonyl (C=O) groups is 1. The average Bonchev–Trinajstić information content (AvgIpc) is 3.04. The Morgan fingerprint density at radius 3 is 2.57 bits per heavy atom. The van der Waals surface area contributed by atoms with Gasteiger partial charge in [-0.3, -0.25) is 9.48 Å². The minimum atomic E-state index is -0.0425. The van der Waals surface area contributed by atoms with Crippen LogP contribution in [0.4, 0.5) is 0 Å². The lowest BCUT2D eigenvalue weighted by molar-refractivity contribution is -0.0587. The number of amides is 1. The summed E-state index contributed by atoms with van der Waals surface area (Å²) in [4.78, 5) is 14.4. The van der Waals surface area contributed by atoms with Gasteiger partial charge in [-0.05, 0) is 39.8 Å². The Bertz CT molecular complexity index is 695. The van der Waals surface area contributed by atoms with E-state index in [-0.39, 0.29) is 18.1 Å². The third-order valence-electron chi connectivity index (χ3n) is 3.95. The zero-order valence-electron chi connectivity index (χ0n) is 14.1. The van der Waals surface area contributed by atoms with Crippen molar-refractivity contribution in [1.82, 2.24) is 24.5 Å². The highest BCUT2D eigenvalue weighted by atomic mass is 16.5. The summed E-state index contributed by atoms with van der Waals surface area (Å²) in [6.07, 6.45) is 1.93. The van der Waals surface area contributed by atoms with E-state index >= 15 is 0 Å². The maximum Gasteiger partial charge on any atom is 0.274 e. The van der Waals surface area contributed by atoms with Crippen molar-refractivity contribution in [2.45, 2.75) is 46.6 Å². The zero-order valence-corrected chi connectivity index (χ0v) is 14.1. The fourth-order valence-corrected chi connectivity index (χ4v) is 3.02. The van der Waals surface area contributed by atoms with Crippen LogP contribution in [0.3, 0.4) is 0 Å². The molecule has 0 N–H and O–H groups in total. The predicted octanol–water partition coefficient (Wildman–Crippen LogP) is 1.45. The van der Waals surface area contributed by atoms with Crippen molar-refractivity contribution in [2.24, 2.45) is 0 Å². The van der Waals surface area contributed by atoms with Gasteiger partial charge in [0.25, 0.3) is 5.91 Å². The van der Waals surface area contributed by atoms with Gasteiger partial charge in [-0.15, -0.1) is 0 Å². The molecule has 1 saturated heterocycles. The topological polar surface area (TPSA) is 65.2 Å². The van der Waals surface area contributed by atoms with Gasteiger partial charge in [-0.2, -0.15) is 10.2 Å². The quantitative estimate of drug-likeness (QED) is 0.859. The number of hydrogen-bond donors (Lipinski definition) is 0. The van der Waals surface area contributed by atoms with Gasteiger partial charge in [0.1, 0.15) is 12.4 Å². The molecule has 0 radical (unpaired) electrons. The smallest absolute Gasteiger partial charge is 0.274 e. The van der Waals surface area contributed by atoms with Crippen molar-refractivity contribution in [3.8, 4) is 0 Å². The van der Waals surface area contributed by atoms with Crippen LogP contribution < -0.4 is 0 Å². The summed E-state index contributed by atoms with van der Waals surface area (Å²) < 4.78 is 9.28. The van der Waals surface area contributed by atoms with Crippen molar-refractivity contribution in [3.63, 3.8) is 0 Å². The molecule has 7 nitrogen and oxygen atoms in total. The van der Waals surface area contributed by atoms with Crippen molar-refractivity contribution < 1.29 is 9.53 Å². The van der Waals surface area contributed by atoms with Gasteiger partial charge in [-0.1, -0.05) is 0 Å². The van der Waals surface area contributed by atoms with Gasteiger partial charge >= 0.3 is 0 Å². The number of hydrogen-bond acceptors (Lipinski definition) is 4. The van der Waals surface area contributed by atoms with Crippen LogP contribution in [0.2, 0.25) is 0 Å². The normalized spacial score (nSPS) is 21.7. The first kappa shape index (κ1) is 15.7. The molecule has 3 rings (SSSR count). The summed E-state index contributed by atoms with van der Waals surface area (Å²) in [5.74, 6) is -0.0425. The Hall–Kier alpha value is -2.15. The molecule has 1 amide bonds. The van der Waals surface area contributed by atoms with E-state index in [9.17, 15) is 4.79 Å². The fourth-order valence-electron chi connectivity index (χ4n) is 3.02. The van der Waals surface area contributed by atoms with Gasteiger partial charge in [0.2, 0.25) is 0 Å². The van der Waals surface area contributed by atoms with E-state index in [0.29, 0.717) is 25.5 Å². The molecule has 3 heterocycles. The van der Waals surface area contributed by atoms with Crippen LogP contribution >= 0.6 is 0 Å². The fraction of sp³-hybridized carbons (Fsp3) is 0.562. The first-order valence-corrected chi connectivity index (χ1v) is 7.91. The molecule has 2 aromatic rings. The standard InChI is InChI=1S/C16H23N5O2/c1-11-7-12(2)21(17-11)10-20-6-5-15(18-20)16(22)19-8-13(3)23-14(4)9-19/h5-7,13-14H,8-10H2,1-4H3. The molecule has 1 fully saturated rings. The van der Waals surface area contributed by atoms with E-state index in [0.717, 1.165) is 11.4 Å². The Morgan fingerprint density at radius 1 is 1.26 bits per heavy atom. The summed E-state index contributed by atoms with van der Waals surface area (Å²) in [5, 5.41) is 8.82. The summed E-state index contributed by atoms with van der Waals surface area (Å²) in [6.45, 7) is 9.65. The van der Waals surface area contributed by atoms with Crippen LogP contribution in [0.1, 0.15) is 35.7 Å². The molecule has 0 aromatic carbocycles. The van der Waals surface area contributed by atoms with Gasteiger partial charge < -0.3 is 9.64 Å². The van der Waals surface area contributed by atoms with Crippen LogP contribution in [0.15, 0.2) is 18.3 Å². The highest BCUT2D eigenvalue weighted by Gasteiger charge is 2.27. The Balaban J connectivity index is 1.71. The second kappa shape index (κ2) is 6.16. The molecule has 2 atom stereocenters. The van der Waals surface area contributed by atoms with E-state index in [2.05, 4.69) is 10.2 Å². The third kappa shape index (κ3) is 3.44. The van der Waals surface area contributed by atoms with E-state index < -0.39 is 0 Å². The maximum absolute atomic E-state index is 12.6.